The van der Waals surface area contributed by atoms with Crippen molar-refractivity contribution >= 4 is 29.1 Å². The van der Waals surface area contributed by atoms with E-state index < -0.39 is 0 Å². The Kier molecular flexibility index (Phi) is 5.43. The molecule has 0 radical (unpaired) electrons. The summed E-state index contributed by atoms with van der Waals surface area (Å²) in [6.07, 6.45) is 2.72. The molecule has 24 heavy (non-hydrogen) atoms. The fourth-order valence-corrected chi connectivity index (χ4v) is 3.14. The highest BCUT2D eigenvalue weighted by atomic mass is 35.5. The smallest absolute Gasteiger partial charge is 0.223 e. The molecule has 1 fully saturated rings. The first-order valence-corrected chi connectivity index (χ1v) is 8.61. The maximum atomic E-state index is 12.5. The number of nitrogens with zero attached hydrogens (tertiary/aromatic N) is 3. The van der Waals surface area contributed by atoms with Crippen LogP contribution in [0, 0.1) is 0 Å². The summed E-state index contributed by atoms with van der Waals surface area (Å²) in [6, 6.07) is 7.39. The zero-order valence-electron chi connectivity index (χ0n) is 13.4. The van der Waals surface area contributed by atoms with E-state index in [0.29, 0.717) is 42.6 Å². The zero-order valence-corrected chi connectivity index (χ0v) is 14.9. The number of amides is 1. The van der Waals surface area contributed by atoms with Crippen LogP contribution in [0.4, 0.5) is 0 Å². The van der Waals surface area contributed by atoms with Crippen molar-refractivity contribution < 1.29 is 9.53 Å². The lowest BCUT2D eigenvalue weighted by atomic mass is 10.1. The Morgan fingerprint density at radius 3 is 2.88 bits per heavy atom. The molecule has 1 aromatic carbocycles. The summed E-state index contributed by atoms with van der Waals surface area (Å²) in [5, 5.41) is 5.13. The van der Waals surface area contributed by atoms with Crippen molar-refractivity contribution in [3.8, 4) is 0 Å². The molecule has 1 aliphatic rings. The third-order valence-electron chi connectivity index (χ3n) is 4.25. The number of morpholine rings is 1. The Balaban J connectivity index is 1.61. The minimum Gasteiger partial charge on any atom is -0.370 e. The summed E-state index contributed by atoms with van der Waals surface area (Å²) in [4.78, 5) is 14.4. The molecule has 1 atom stereocenters. The van der Waals surface area contributed by atoms with Gasteiger partial charge in [-0.25, -0.2) is 0 Å². The van der Waals surface area contributed by atoms with Crippen molar-refractivity contribution in [3.05, 3.63) is 51.8 Å². The topological polar surface area (TPSA) is 47.4 Å². The van der Waals surface area contributed by atoms with Crippen LogP contribution in [0.1, 0.15) is 23.8 Å². The third-order valence-corrected chi connectivity index (χ3v) is 4.99. The summed E-state index contributed by atoms with van der Waals surface area (Å²) >= 11 is 12.0. The van der Waals surface area contributed by atoms with Crippen LogP contribution in [0.25, 0.3) is 0 Å². The van der Waals surface area contributed by atoms with Gasteiger partial charge in [-0.1, -0.05) is 29.3 Å². The number of benzene rings is 1. The van der Waals surface area contributed by atoms with Gasteiger partial charge in [-0.2, -0.15) is 5.10 Å². The van der Waals surface area contributed by atoms with Crippen LogP contribution in [0.2, 0.25) is 10.0 Å². The van der Waals surface area contributed by atoms with Crippen molar-refractivity contribution in [1.29, 1.82) is 0 Å². The van der Waals surface area contributed by atoms with Crippen molar-refractivity contribution in [3.63, 3.8) is 0 Å². The molecule has 0 spiro atoms. The lowest BCUT2D eigenvalue weighted by Crippen LogP contribution is -2.42. The molecule has 1 amide bonds. The highest BCUT2D eigenvalue weighted by Crippen LogP contribution is 2.29. The highest BCUT2D eigenvalue weighted by molar-refractivity contribution is 6.42. The van der Waals surface area contributed by atoms with E-state index in [9.17, 15) is 4.79 Å². The van der Waals surface area contributed by atoms with Crippen LogP contribution in [0.5, 0.6) is 0 Å². The number of halogens is 2. The summed E-state index contributed by atoms with van der Waals surface area (Å²) < 4.78 is 7.60. The maximum Gasteiger partial charge on any atom is 0.223 e. The average Bonchev–Trinajstić information content (AvgIpc) is 3.00. The fraction of sp³-hybridized carbons (Fsp3) is 0.412. The second kappa shape index (κ2) is 7.55. The van der Waals surface area contributed by atoms with E-state index in [0.717, 1.165) is 11.3 Å². The van der Waals surface area contributed by atoms with E-state index in [1.54, 1.807) is 23.0 Å². The third kappa shape index (κ3) is 3.91. The number of carbonyl (C=O) groups excluding carboxylic acids is 1. The molecule has 0 unspecified atom stereocenters. The van der Waals surface area contributed by atoms with E-state index in [-0.39, 0.29) is 12.0 Å². The average molecular weight is 368 g/mol. The number of hydrogen-bond acceptors (Lipinski definition) is 3. The predicted octanol–water partition coefficient (Wildman–Crippen LogP) is 3.26. The summed E-state index contributed by atoms with van der Waals surface area (Å²) in [6.45, 7) is 1.66. The minimum atomic E-state index is -0.172. The van der Waals surface area contributed by atoms with Crippen LogP contribution >= 0.6 is 23.2 Å². The Bertz CT molecular complexity index is 732. The normalized spacial score (nSPS) is 18.0. The number of carbonyl (C=O) groups is 1. The van der Waals surface area contributed by atoms with E-state index >= 15 is 0 Å². The molecule has 0 saturated carbocycles. The van der Waals surface area contributed by atoms with Gasteiger partial charge in [0.05, 0.1) is 23.2 Å². The number of rotatable bonds is 4. The highest BCUT2D eigenvalue weighted by Gasteiger charge is 2.25. The fourth-order valence-electron chi connectivity index (χ4n) is 2.83. The zero-order chi connectivity index (χ0) is 17.1. The van der Waals surface area contributed by atoms with Gasteiger partial charge in [0, 0.05) is 31.9 Å². The van der Waals surface area contributed by atoms with Crippen molar-refractivity contribution in [2.45, 2.75) is 18.9 Å². The lowest BCUT2D eigenvalue weighted by molar-refractivity contribution is -0.139. The van der Waals surface area contributed by atoms with Gasteiger partial charge >= 0.3 is 0 Å². The van der Waals surface area contributed by atoms with Crippen molar-refractivity contribution in [2.24, 2.45) is 7.05 Å². The quantitative estimate of drug-likeness (QED) is 0.832. The second-order valence-corrected chi connectivity index (χ2v) is 6.63. The van der Waals surface area contributed by atoms with E-state index in [2.05, 4.69) is 5.10 Å². The first-order chi connectivity index (χ1) is 11.5. The second-order valence-electron chi connectivity index (χ2n) is 5.82. The molecule has 1 aromatic heterocycles. The van der Waals surface area contributed by atoms with Crippen LogP contribution in [-0.4, -0.2) is 40.3 Å². The van der Waals surface area contributed by atoms with Crippen molar-refractivity contribution in [2.75, 3.05) is 19.7 Å². The monoisotopic (exact) mass is 367 g/mol. The molecule has 0 aliphatic carbocycles. The molecule has 0 bridgehead atoms. The molecule has 2 aromatic rings. The molecular weight excluding hydrogens is 349 g/mol. The summed E-state index contributed by atoms with van der Waals surface area (Å²) in [7, 11) is 1.88. The number of hydrogen-bond donors (Lipinski definition) is 0. The predicted molar refractivity (Wildman–Crippen MR) is 93.3 cm³/mol. The lowest BCUT2D eigenvalue weighted by Gasteiger charge is -2.33. The van der Waals surface area contributed by atoms with Gasteiger partial charge in [0.2, 0.25) is 5.91 Å². The van der Waals surface area contributed by atoms with E-state index in [1.165, 1.54) is 0 Å². The van der Waals surface area contributed by atoms with E-state index in [4.69, 9.17) is 27.9 Å². The van der Waals surface area contributed by atoms with Gasteiger partial charge in [-0.05, 0) is 30.2 Å². The van der Waals surface area contributed by atoms with Crippen LogP contribution < -0.4 is 0 Å². The Labute approximate surface area is 151 Å². The maximum absolute atomic E-state index is 12.5. The number of ether oxygens (including phenoxy) is 1. The van der Waals surface area contributed by atoms with Crippen LogP contribution in [-0.2, 0) is 23.0 Å². The SMILES string of the molecule is Cn1nccc1CCC(=O)N1CCO[C@@H](c2ccc(Cl)c(Cl)c2)C1. The first-order valence-electron chi connectivity index (χ1n) is 7.86. The molecule has 3 rings (SSSR count). The van der Waals surface area contributed by atoms with Gasteiger partial charge < -0.3 is 9.64 Å². The first kappa shape index (κ1) is 17.3. The van der Waals surface area contributed by atoms with Crippen LogP contribution in [0.15, 0.2) is 30.5 Å². The largest absolute Gasteiger partial charge is 0.370 e. The van der Waals surface area contributed by atoms with Gasteiger partial charge in [0.25, 0.3) is 0 Å². The van der Waals surface area contributed by atoms with E-state index in [1.807, 2.05) is 24.1 Å². The molecule has 1 saturated heterocycles. The molecular formula is C17H19Cl2N3O2. The molecule has 7 heteroatoms. The van der Waals surface area contributed by atoms with Gasteiger partial charge in [-0.3, -0.25) is 9.48 Å². The molecule has 2 heterocycles. The number of aromatic nitrogens is 2. The summed E-state index contributed by atoms with van der Waals surface area (Å²) in [5.41, 5.74) is 1.99. The minimum absolute atomic E-state index is 0.129. The summed E-state index contributed by atoms with van der Waals surface area (Å²) in [5.74, 6) is 0.129. The van der Waals surface area contributed by atoms with Crippen LogP contribution in [0.3, 0.4) is 0 Å². The number of aryl methyl sites for hydroxylation is 2. The molecule has 1 aliphatic heterocycles. The van der Waals surface area contributed by atoms with Crippen molar-refractivity contribution in [1.82, 2.24) is 14.7 Å². The van der Waals surface area contributed by atoms with Gasteiger partial charge in [0.15, 0.2) is 0 Å². The Morgan fingerprint density at radius 1 is 1.33 bits per heavy atom. The Hall–Kier alpha value is -1.56. The van der Waals surface area contributed by atoms with Gasteiger partial charge in [-0.15, -0.1) is 0 Å². The molecule has 5 nitrogen and oxygen atoms in total. The molecule has 128 valence electrons. The van der Waals surface area contributed by atoms with Gasteiger partial charge in [0.1, 0.15) is 6.10 Å². The Morgan fingerprint density at radius 2 is 2.17 bits per heavy atom. The molecule has 0 N–H and O–H groups in total. The standard InChI is InChI=1S/C17H19Cl2N3O2/c1-21-13(6-7-20-21)3-5-17(23)22-8-9-24-16(11-22)12-2-4-14(18)15(19)10-12/h2,4,6-7,10,16H,3,5,8-9,11H2,1H3/t16-/m1/s1.